The van der Waals surface area contributed by atoms with E-state index in [9.17, 15) is 4.79 Å². The molecule has 1 aromatic carbocycles. The van der Waals surface area contributed by atoms with Crippen LogP contribution in [0, 0.1) is 0 Å². The molecule has 0 saturated heterocycles. The lowest BCUT2D eigenvalue weighted by molar-refractivity contribution is 0.0954. The smallest absolute Gasteiger partial charge is 0.251 e. The molecule has 1 amide bonds. The van der Waals surface area contributed by atoms with Crippen molar-refractivity contribution < 1.29 is 4.79 Å². The second-order valence-electron chi connectivity index (χ2n) is 6.94. The fourth-order valence-electron chi connectivity index (χ4n) is 2.69. The van der Waals surface area contributed by atoms with Crippen molar-refractivity contribution in [3.63, 3.8) is 0 Å². The monoisotopic (exact) mass is 285 g/mol. The minimum atomic E-state index is 0.0341. The van der Waals surface area contributed by atoms with Crippen molar-refractivity contribution in [2.75, 3.05) is 6.54 Å². The lowest BCUT2D eigenvalue weighted by Crippen LogP contribution is -2.25. The molecule has 0 atom stereocenters. The van der Waals surface area contributed by atoms with Gasteiger partial charge in [0.1, 0.15) is 0 Å². The van der Waals surface area contributed by atoms with Gasteiger partial charge in [0, 0.05) is 12.1 Å². The number of benzene rings is 1. The Hall–Kier alpha value is -1.57. The number of hydrogen-bond donors (Lipinski definition) is 1. The van der Waals surface area contributed by atoms with Crippen LogP contribution in [0.4, 0.5) is 0 Å². The van der Waals surface area contributed by atoms with Crippen LogP contribution < -0.4 is 5.32 Å². The van der Waals surface area contributed by atoms with E-state index in [-0.39, 0.29) is 11.3 Å². The maximum atomic E-state index is 12.1. The van der Waals surface area contributed by atoms with E-state index in [4.69, 9.17) is 0 Å². The Morgan fingerprint density at radius 1 is 1.14 bits per heavy atom. The second kappa shape index (κ2) is 6.93. The van der Waals surface area contributed by atoms with Crippen LogP contribution in [-0.4, -0.2) is 12.5 Å². The number of nitrogens with one attached hydrogen (secondary N) is 1. The van der Waals surface area contributed by atoms with E-state index >= 15 is 0 Å². The average Bonchev–Trinajstić information content (AvgIpc) is 2.47. The summed E-state index contributed by atoms with van der Waals surface area (Å²) in [6.07, 6.45) is 8.36. The fraction of sp³-hybridized carbons (Fsp3) is 0.526. The molecule has 2 nitrogen and oxygen atoms in total. The second-order valence-corrected chi connectivity index (χ2v) is 6.94. The maximum absolute atomic E-state index is 12.1. The van der Waals surface area contributed by atoms with Crippen LogP contribution in [0.2, 0.25) is 0 Å². The molecule has 114 valence electrons. The van der Waals surface area contributed by atoms with Crippen molar-refractivity contribution in [1.29, 1.82) is 0 Å². The van der Waals surface area contributed by atoms with Crippen molar-refractivity contribution in [1.82, 2.24) is 5.32 Å². The largest absolute Gasteiger partial charge is 0.352 e. The number of amides is 1. The molecule has 0 aliphatic heterocycles. The molecule has 0 saturated carbocycles. The number of rotatable bonds is 4. The Balaban J connectivity index is 1.84. The zero-order valence-electron chi connectivity index (χ0n) is 13.5. The van der Waals surface area contributed by atoms with Crippen LogP contribution in [0.5, 0.6) is 0 Å². The molecule has 0 bridgehead atoms. The predicted molar refractivity (Wildman–Crippen MR) is 88.6 cm³/mol. The van der Waals surface area contributed by atoms with Gasteiger partial charge in [-0.3, -0.25) is 4.79 Å². The summed E-state index contributed by atoms with van der Waals surface area (Å²) in [5.41, 5.74) is 3.64. The molecule has 0 heterocycles. The zero-order valence-corrected chi connectivity index (χ0v) is 13.5. The standard InChI is InChI=1S/C19H27NO/c1-19(2,3)17-11-9-16(10-12-17)18(21)20-14-13-15-7-5-4-6-8-15/h7,9-12H,4-6,8,13-14H2,1-3H3,(H,20,21). The quantitative estimate of drug-likeness (QED) is 0.805. The predicted octanol–water partition coefficient (Wildman–Crippen LogP) is 4.60. The molecule has 0 aromatic heterocycles. The van der Waals surface area contributed by atoms with Crippen LogP contribution in [0.25, 0.3) is 0 Å². The zero-order chi connectivity index (χ0) is 15.3. The maximum Gasteiger partial charge on any atom is 0.251 e. The first-order valence-corrected chi connectivity index (χ1v) is 8.03. The van der Waals surface area contributed by atoms with Crippen molar-refractivity contribution in [3.8, 4) is 0 Å². The Kier molecular flexibility index (Phi) is 5.22. The van der Waals surface area contributed by atoms with Gasteiger partial charge in [-0.05, 0) is 55.2 Å². The van der Waals surface area contributed by atoms with E-state index in [2.05, 4.69) is 44.3 Å². The molecule has 2 heteroatoms. The van der Waals surface area contributed by atoms with Crippen molar-refractivity contribution in [3.05, 3.63) is 47.0 Å². The molecule has 1 N–H and O–H groups in total. The SMILES string of the molecule is CC(C)(C)c1ccc(C(=O)NCCC2=CCCCC2)cc1. The van der Waals surface area contributed by atoms with E-state index in [1.54, 1.807) is 0 Å². The summed E-state index contributed by atoms with van der Waals surface area (Å²) in [5.74, 6) is 0.0341. The Morgan fingerprint density at radius 2 is 1.86 bits per heavy atom. The summed E-state index contributed by atoms with van der Waals surface area (Å²) in [6.45, 7) is 7.28. The Morgan fingerprint density at radius 3 is 2.43 bits per heavy atom. The number of carbonyl (C=O) groups excluding carboxylic acids is 1. The van der Waals surface area contributed by atoms with Gasteiger partial charge in [-0.1, -0.05) is 44.6 Å². The highest BCUT2D eigenvalue weighted by Gasteiger charge is 2.14. The van der Waals surface area contributed by atoms with Crippen LogP contribution >= 0.6 is 0 Å². The van der Waals surface area contributed by atoms with E-state index in [0.29, 0.717) is 0 Å². The van der Waals surface area contributed by atoms with Crippen molar-refractivity contribution in [2.45, 2.75) is 58.3 Å². The summed E-state index contributed by atoms with van der Waals surface area (Å²) in [5, 5.41) is 3.02. The van der Waals surface area contributed by atoms with Crippen molar-refractivity contribution >= 4 is 5.91 Å². The molecule has 0 spiro atoms. The van der Waals surface area contributed by atoms with Gasteiger partial charge >= 0.3 is 0 Å². The molecule has 21 heavy (non-hydrogen) atoms. The van der Waals surface area contributed by atoms with Crippen LogP contribution in [0.3, 0.4) is 0 Å². The highest BCUT2D eigenvalue weighted by molar-refractivity contribution is 5.94. The average molecular weight is 285 g/mol. The minimum Gasteiger partial charge on any atom is -0.352 e. The molecule has 1 aliphatic rings. The molecule has 0 unspecified atom stereocenters. The minimum absolute atomic E-state index is 0.0341. The van der Waals surface area contributed by atoms with Crippen LogP contribution in [0.1, 0.15) is 68.8 Å². The Bertz CT molecular complexity index is 505. The third-order valence-corrected chi connectivity index (χ3v) is 4.13. The normalized spacial score (nSPS) is 15.5. The highest BCUT2D eigenvalue weighted by Crippen LogP contribution is 2.22. The van der Waals surface area contributed by atoms with Gasteiger partial charge in [0.25, 0.3) is 5.91 Å². The third kappa shape index (κ3) is 4.73. The fourth-order valence-corrected chi connectivity index (χ4v) is 2.69. The molecule has 2 rings (SSSR count). The van der Waals surface area contributed by atoms with Crippen molar-refractivity contribution in [2.24, 2.45) is 0 Å². The summed E-state index contributed by atoms with van der Waals surface area (Å²) in [7, 11) is 0. The van der Waals surface area contributed by atoms with Crippen LogP contribution in [0.15, 0.2) is 35.9 Å². The molecular weight excluding hydrogens is 258 g/mol. The van der Waals surface area contributed by atoms with Crippen LogP contribution in [-0.2, 0) is 5.41 Å². The van der Waals surface area contributed by atoms with E-state index < -0.39 is 0 Å². The number of carbonyl (C=O) groups is 1. The lowest BCUT2D eigenvalue weighted by Gasteiger charge is -2.19. The van der Waals surface area contributed by atoms with E-state index in [0.717, 1.165) is 18.5 Å². The Labute approximate surface area is 128 Å². The van der Waals surface area contributed by atoms with Gasteiger partial charge < -0.3 is 5.32 Å². The van der Waals surface area contributed by atoms with E-state index in [1.807, 2.05) is 12.1 Å². The molecule has 0 fully saturated rings. The van der Waals surface area contributed by atoms with Gasteiger partial charge in [-0.15, -0.1) is 0 Å². The number of allylic oxidation sites excluding steroid dienone is 1. The molecule has 1 aromatic rings. The van der Waals surface area contributed by atoms with Gasteiger partial charge in [-0.25, -0.2) is 0 Å². The first kappa shape index (κ1) is 15.8. The first-order chi connectivity index (χ1) is 9.97. The number of hydrogen-bond acceptors (Lipinski definition) is 1. The van der Waals surface area contributed by atoms with E-state index in [1.165, 1.54) is 36.8 Å². The van der Waals surface area contributed by atoms with Gasteiger partial charge in [0.15, 0.2) is 0 Å². The summed E-state index contributed by atoms with van der Waals surface area (Å²) in [6, 6.07) is 7.96. The van der Waals surface area contributed by atoms with Gasteiger partial charge in [0.05, 0.1) is 0 Å². The molecular formula is C19H27NO. The third-order valence-electron chi connectivity index (χ3n) is 4.13. The summed E-state index contributed by atoms with van der Waals surface area (Å²) < 4.78 is 0. The lowest BCUT2D eigenvalue weighted by atomic mass is 9.87. The van der Waals surface area contributed by atoms with Gasteiger partial charge in [-0.2, -0.15) is 0 Å². The highest BCUT2D eigenvalue weighted by atomic mass is 16.1. The van der Waals surface area contributed by atoms with Gasteiger partial charge in [0.2, 0.25) is 0 Å². The summed E-state index contributed by atoms with van der Waals surface area (Å²) in [4.78, 5) is 12.1. The molecule has 1 aliphatic carbocycles. The molecule has 0 radical (unpaired) electrons. The topological polar surface area (TPSA) is 29.1 Å². The summed E-state index contributed by atoms with van der Waals surface area (Å²) >= 11 is 0. The first-order valence-electron chi connectivity index (χ1n) is 8.03.